The fourth-order valence-corrected chi connectivity index (χ4v) is 1.67. The number of ether oxygens (including phenoxy) is 1. The molecule has 1 aromatic heterocycles. The molecule has 0 aliphatic heterocycles. The van der Waals surface area contributed by atoms with Gasteiger partial charge in [-0.15, -0.1) is 0 Å². The molecule has 1 heterocycles. The van der Waals surface area contributed by atoms with Crippen LogP contribution in [0.15, 0.2) is 48.7 Å². The molecular formula is C15H13F3N2O2. The number of amides is 1. The Kier molecular flexibility index (Phi) is 4.65. The Morgan fingerprint density at radius 2 is 1.86 bits per heavy atom. The number of hydrogen-bond donors (Lipinski definition) is 0. The van der Waals surface area contributed by atoms with Gasteiger partial charge < -0.3 is 4.74 Å². The second-order valence-electron chi connectivity index (χ2n) is 4.50. The summed E-state index contributed by atoms with van der Waals surface area (Å²) in [7, 11) is 1.40. The number of aromatic nitrogens is 1. The minimum Gasteiger partial charge on any atom is -0.444 e. The van der Waals surface area contributed by atoms with Crippen molar-refractivity contribution in [1.82, 2.24) is 4.98 Å². The topological polar surface area (TPSA) is 42.4 Å². The molecule has 0 bridgehead atoms. The number of halogens is 3. The van der Waals surface area contributed by atoms with Crippen molar-refractivity contribution < 1.29 is 22.7 Å². The Morgan fingerprint density at radius 3 is 2.41 bits per heavy atom. The average Bonchev–Trinajstić information content (AvgIpc) is 2.52. The molecular weight excluding hydrogens is 297 g/mol. The smallest absolute Gasteiger partial charge is 0.433 e. The Labute approximate surface area is 125 Å². The lowest BCUT2D eigenvalue weighted by Gasteiger charge is -2.17. The summed E-state index contributed by atoms with van der Waals surface area (Å²) in [4.78, 5) is 16.2. The third-order valence-electron chi connectivity index (χ3n) is 2.90. The SMILES string of the molecule is CN(C(=O)OCc1ccccc1)c1ccc(C(F)(F)F)nc1. The lowest BCUT2D eigenvalue weighted by atomic mass is 10.2. The van der Waals surface area contributed by atoms with Gasteiger partial charge in [0.05, 0.1) is 11.9 Å². The van der Waals surface area contributed by atoms with E-state index in [4.69, 9.17) is 4.74 Å². The molecule has 2 aromatic rings. The van der Waals surface area contributed by atoms with Crippen LogP contribution in [0.5, 0.6) is 0 Å². The summed E-state index contributed by atoms with van der Waals surface area (Å²) in [6.07, 6.45) is -4.21. The first-order chi connectivity index (χ1) is 10.4. The zero-order valence-corrected chi connectivity index (χ0v) is 11.7. The largest absolute Gasteiger partial charge is 0.444 e. The average molecular weight is 310 g/mol. The van der Waals surface area contributed by atoms with E-state index in [1.165, 1.54) is 13.1 Å². The molecule has 7 heteroatoms. The summed E-state index contributed by atoms with van der Waals surface area (Å²) in [5, 5.41) is 0. The van der Waals surface area contributed by atoms with Crippen LogP contribution in [-0.2, 0) is 17.5 Å². The molecule has 4 nitrogen and oxygen atoms in total. The predicted octanol–water partition coefficient (Wildman–Crippen LogP) is 3.87. The van der Waals surface area contributed by atoms with E-state index < -0.39 is 18.0 Å². The first-order valence-corrected chi connectivity index (χ1v) is 6.35. The van der Waals surface area contributed by atoms with Gasteiger partial charge in [-0.05, 0) is 17.7 Å². The van der Waals surface area contributed by atoms with Crippen molar-refractivity contribution in [3.8, 4) is 0 Å². The summed E-state index contributed by atoms with van der Waals surface area (Å²) >= 11 is 0. The monoisotopic (exact) mass is 310 g/mol. The highest BCUT2D eigenvalue weighted by Gasteiger charge is 2.32. The van der Waals surface area contributed by atoms with Gasteiger partial charge in [-0.25, -0.2) is 9.78 Å². The zero-order valence-electron chi connectivity index (χ0n) is 11.7. The van der Waals surface area contributed by atoms with Crippen molar-refractivity contribution in [2.45, 2.75) is 12.8 Å². The summed E-state index contributed by atoms with van der Waals surface area (Å²) in [5.74, 6) is 0. The molecule has 116 valence electrons. The molecule has 1 aromatic carbocycles. The van der Waals surface area contributed by atoms with Gasteiger partial charge in [0.15, 0.2) is 0 Å². The molecule has 2 rings (SSSR count). The Morgan fingerprint density at radius 1 is 1.18 bits per heavy atom. The number of nitrogens with zero attached hydrogens (tertiary/aromatic N) is 2. The van der Waals surface area contributed by atoms with E-state index in [0.29, 0.717) is 0 Å². The molecule has 0 radical (unpaired) electrons. The van der Waals surface area contributed by atoms with Gasteiger partial charge in [-0.1, -0.05) is 30.3 Å². The number of anilines is 1. The van der Waals surface area contributed by atoms with Crippen molar-refractivity contribution in [3.63, 3.8) is 0 Å². The van der Waals surface area contributed by atoms with Crippen LogP contribution < -0.4 is 4.90 Å². The van der Waals surface area contributed by atoms with Gasteiger partial charge in [0, 0.05) is 7.05 Å². The van der Waals surface area contributed by atoms with Crippen molar-refractivity contribution in [3.05, 3.63) is 59.9 Å². The molecule has 1 amide bonds. The Hall–Kier alpha value is -2.57. The van der Waals surface area contributed by atoms with E-state index in [1.54, 1.807) is 12.1 Å². The highest BCUT2D eigenvalue weighted by Crippen LogP contribution is 2.28. The Bertz CT molecular complexity index is 627. The summed E-state index contributed by atoms with van der Waals surface area (Å²) < 4.78 is 42.3. The minimum atomic E-state index is -4.51. The first kappa shape index (κ1) is 15.8. The van der Waals surface area contributed by atoms with Crippen molar-refractivity contribution in [2.24, 2.45) is 0 Å². The first-order valence-electron chi connectivity index (χ1n) is 6.35. The number of hydrogen-bond acceptors (Lipinski definition) is 3. The fraction of sp³-hybridized carbons (Fsp3) is 0.200. The van der Waals surface area contributed by atoms with Crippen molar-refractivity contribution in [1.29, 1.82) is 0 Å². The zero-order chi connectivity index (χ0) is 16.2. The standard InChI is InChI=1S/C15H13F3N2O2/c1-20(12-7-8-13(19-9-12)15(16,17)18)14(21)22-10-11-5-3-2-4-6-11/h2-9H,10H2,1H3. The van der Waals surface area contributed by atoms with Crippen LogP contribution in [0.1, 0.15) is 11.3 Å². The number of carbonyl (C=O) groups excluding carboxylic acids is 1. The molecule has 0 aliphatic carbocycles. The van der Waals surface area contributed by atoms with E-state index >= 15 is 0 Å². The molecule has 0 aliphatic rings. The van der Waals surface area contributed by atoms with E-state index in [0.717, 1.165) is 22.7 Å². The number of rotatable bonds is 3. The molecule has 0 saturated heterocycles. The fourth-order valence-electron chi connectivity index (χ4n) is 1.67. The number of carbonyl (C=O) groups is 1. The third kappa shape index (κ3) is 3.97. The van der Waals surface area contributed by atoms with E-state index in [-0.39, 0.29) is 12.3 Å². The van der Waals surface area contributed by atoms with Crippen molar-refractivity contribution >= 4 is 11.8 Å². The molecule has 0 N–H and O–H groups in total. The third-order valence-corrected chi connectivity index (χ3v) is 2.90. The lowest BCUT2D eigenvalue weighted by Crippen LogP contribution is -2.27. The van der Waals surface area contributed by atoms with Gasteiger partial charge in [0.1, 0.15) is 12.3 Å². The number of pyridine rings is 1. The van der Waals surface area contributed by atoms with Crippen LogP contribution in [0.25, 0.3) is 0 Å². The lowest BCUT2D eigenvalue weighted by molar-refractivity contribution is -0.141. The molecule has 0 unspecified atom stereocenters. The normalized spacial score (nSPS) is 11.1. The highest BCUT2D eigenvalue weighted by atomic mass is 19.4. The molecule has 0 spiro atoms. The van der Waals surface area contributed by atoms with Crippen LogP contribution in [0.3, 0.4) is 0 Å². The maximum absolute atomic E-state index is 12.4. The van der Waals surface area contributed by atoms with Gasteiger partial charge in [0.25, 0.3) is 0 Å². The summed E-state index contributed by atoms with van der Waals surface area (Å²) in [5.41, 5.74) is 0.0168. The minimum absolute atomic E-state index is 0.0814. The van der Waals surface area contributed by atoms with E-state index in [2.05, 4.69) is 4.98 Å². The van der Waals surface area contributed by atoms with Gasteiger partial charge in [-0.2, -0.15) is 13.2 Å². The van der Waals surface area contributed by atoms with Crippen LogP contribution in [0.4, 0.5) is 23.7 Å². The quantitative estimate of drug-likeness (QED) is 0.864. The van der Waals surface area contributed by atoms with Gasteiger partial charge in [0.2, 0.25) is 0 Å². The molecule has 0 saturated carbocycles. The maximum atomic E-state index is 12.4. The van der Waals surface area contributed by atoms with Crippen LogP contribution >= 0.6 is 0 Å². The van der Waals surface area contributed by atoms with Crippen molar-refractivity contribution in [2.75, 3.05) is 11.9 Å². The molecule has 22 heavy (non-hydrogen) atoms. The van der Waals surface area contributed by atoms with Gasteiger partial charge >= 0.3 is 12.3 Å². The second kappa shape index (κ2) is 6.46. The summed E-state index contributed by atoms with van der Waals surface area (Å²) in [6.45, 7) is 0.0814. The maximum Gasteiger partial charge on any atom is 0.433 e. The van der Waals surface area contributed by atoms with Crippen LogP contribution in [0.2, 0.25) is 0 Å². The molecule has 0 atom stereocenters. The van der Waals surface area contributed by atoms with E-state index in [1.807, 2.05) is 18.2 Å². The summed E-state index contributed by atoms with van der Waals surface area (Å²) in [6, 6.07) is 11.0. The van der Waals surface area contributed by atoms with Crippen LogP contribution in [0, 0.1) is 0 Å². The Balaban J connectivity index is 1.98. The number of alkyl halides is 3. The highest BCUT2D eigenvalue weighted by molar-refractivity contribution is 5.86. The number of benzene rings is 1. The van der Waals surface area contributed by atoms with E-state index in [9.17, 15) is 18.0 Å². The van der Waals surface area contributed by atoms with Gasteiger partial charge in [-0.3, -0.25) is 4.90 Å². The molecule has 0 fully saturated rings. The second-order valence-corrected chi connectivity index (χ2v) is 4.50. The van der Waals surface area contributed by atoms with Crippen LogP contribution in [-0.4, -0.2) is 18.1 Å². The predicted molar refractivity (Wildman–Crippen MR) is 74.3 cm³/mol.